The van der Waals surface area contributed by atoms with E-state index in [1.807, 2.05) is 48.2 Å². The third kappa shape index (κ3) is 3.53. The molecule has 0 bridgehead atoms. The number of carbonyl (C=O) groups excluding carboxylic acids is 1. The van der Waals surface area contributed by atoms with Gasteiger partial charge in [0.15, 0.2) is 5.58 Å². The topological polar surface area (TPSA) is 75.4 Å². The molecule has 0 saturated carbocycles. The van der Waals surface area contributed by atoms with Crippen LogP contribution in [-0.2, 0) is 0 Å². The van der Waals surface area contributed by atoms with Gasteiger partial charge in [0.2, 0.25) is 0 Å². The highest BCUT2D eigenvalue weighted by Crippen LogP contribution is 2.38. The number of pyridine rings is 2. The molecule has 0 unspecified atom stereocenters. The molecule has 2 atom stereocenters. The van der Waals surface area contributed by atoms with E-state index in [9.17, 15) is 4.79 Å². The maximum atomic E-state index is 13.6. The average molecular weight is 460 g/mol. The van der Waals surface area contributed by atoms with Crippen molar-refractivity contribution in [1.82, 2.24) is 19.9 Å². The van der Waals surface area contributed by atoms with Gasteiger partial charge in [0, 0.05) is 48.0 Å². The fourth-order valence-corrected chi connectivity index (χ4v) is 4.98. The van der Waals surface area contributed by atoms with Crippen molar-refractivity contribution in [2.24, 2.45) is 5.92 Å². The summed E-state index contributed by atoms with van der Waals surface area (Å²) in [5, 5.41) is 0.632. The summed E-state index contributed by atoms with van der Waals surface area (Å²) in [5.41, 5.74) is 4.23. The smallest absolute Gasteiger partial charge is 0.298 e. The Labute approximate surface area is 196 Å². The number of benzene rings is 1. The Morgan fingerprint density at radius 2 is 2.03 bits per heavy atom. The molecular weight excluding hydrogens is 438 g/mol. The molecule has 2 saturated heterocycles. The van der Waals surface area contributed by atoms with Crippen LogP contribution >= 0.6 is 11.6 Å². The highest BCUT2D eigenvalue weighted by atomic mass is 35.5. The first-order valence-electron chi connectivity index (χ1n) is 11.1. The first-order valence-corrected chi connectivity index (χ1v) is 11.5. The minimum atomic E-state index is -0.0611. The molecule has 2 aliphatic rings. The largest absolute Gasteiger partial charge is 0.423 e. The van der Waals surface area contributed by atoms with Gasteiger partial charge in [-0.2, -0.15) is 4.98 Å². The Hall–Kier alpha value is -3.45. The molecular formula is C25H22ClN5O2. The lowest BCUT2D eigenvalue weighted by Crippen LogP contribution is -2.65. The number of hydrogen-bond acceptors (Lipinski definition) is 6. The van der Waals surface area contributed by atoms with Crippen molar-refractivity contribution in [3.63, 3.8) is 0 Å². The molecule has 0 radical (unpaired) electrons. The number of rotatable bonds is 3. The van der Waals surface area contributed by atoms with E-state index in [1.54, 1.807) is 18.3 Å². The molecule has 4 aromatic rings. The predicted molar refractivity (Wildman–Crippen MR) is 126 cm³/mol. The van der Waals surface area contributed by atoms with E-state index < -0.39 is 0 Å². The molecule has 166 valence electrons. The van der Waals surface area contributed by atoms with Crippen LogP contribution in [0.2, 0.25) is 5.02 Å². The summed E-state index contributed by atoms with van der Waals surface area (Å²) in [4.78, 5) is 31.3. The number of piperidine rings is 1. The Kier molecular flexibility index (Phi) is 4.80. The van der Waals surface area contributed by atoms with Crippen LogP contribution in [0.5, 0.6) is 0 Å². The minimum absolute atomic E-state index is 0.0611. The Morgan fingerprint density at radius 3 is 2.88 bits per heavy atom. The molecule has 1 aromatic carbocycles. The number of aromatic nitrogens is 3. The number of likely N-dealkylation sites (tertiary alicyclic amines) is 1. The SMILES string of the molecule is Cc1ccc(-c2ccccn2)c(C(=O)N2CC[C@H]3CN(c4nc5cc(Cl)ccc5o4)[C@H]3C2)n1. The van der Waals surface area contributed by atoms with Gasteiger partial charge < -0.3 is 14.2 Å². The predicted octanol–water partition coefficient (Wildman–Crippen LogP) is 4.60. The maximum absolute atomic E-state index is 13.6. The van der Waals surface area contributed by atoms with Gasteiger partial charge in [-0.15, -0.1) is 0 Å². The second-order valence-electron chi connectivity index (χ2n) is 8.69. The Balaban J connectivity index is 1.26. The summed E-state index contributed by atoms with van der Waals surface area (Å²) >= 11 is 6.10. The first-order chi connectivity index (χ1) is 16.1. The molecule has 33 heavy (non-hydrogen) atoms. The zero-order valence-electron chi connectivity index (χ0n) is 18.1. The standard InChI is InChI=1S/C25H22ClN5O2/c1-15-5-7-18(19-4-2-3-10-27-19)23(28-15)24(32)30-11-9-16-13-31(21(16)14-30)25-29-20-12-17(26)6-8-22(20)33-25/h2-8,10,12,16,21H,9,11,13-14H2,1H3/t16-,21-/m0/s1. The van der Waals surface area contributed by atoms with E-state index >= 15 is 0 Å². The summed E-state index contributed by atoms with van der Waals surface area (Å²) in [6, 6.07) is 15.7. The van der Waals surface area contributed by atoms with Gasteiger partial charge in [0.25, 0.3) is 11.9 Å². The number of amides is 1. The van der Waals surface area contributed by atoms with E-state index in [0.29, 0.717) is 41.3 Å². The van der Waals surface area contributed by atoms with Crippen molar-refractivity contribution in [3.8, 4) is 11.3 Å². The zero-order chi connectivity index (χ0) is 22.5. The molecule has 6 rings (SSSR count). The van der Waals surface area contributed by atoms with Crippen LogP contribution in [0, 0.1) is 12.8 Å². The highest BCUT2D eigenvalue weighted by Gasteiger charge is 2.46. The number of oxazole rings is 1. The maximum Gasteiger partial charge on any atom is 0.298 e. The summed E-state index contributed by atoms with van der Waals surface area (Å²) in [6.07, 6.45) is 2.68. The van der Waals surface area contributed by atoms with Crippen LogP contribution in [0.15, 0.2) is 59.1 Å². The van der Waals surface area contributed by atoms with Crippen LogP contribution < -0.4 is 4.90 Å². The van der Waals surface area contributed by atoms with E-state index in [1.165, 1.54) is 0 Å². The lowest BCUT2D eigenvalue weighted by atomic mass is 9.82. The molecule has 5 heterocycles. The quantitative estimate of drug-likeness (QED) is 0.445. The number of aryl methyl sites for hydroxylation is 1. The van der Waals surface area contributed by atoms with Crippen molar-refractivity contribution in [1.29, 1.82) is 0 Å². The van der Waals surface area contributed by atoms with Crippen molar-refractivity contribution in [2.75, 3.05) is 24.5 Å². The van der Waals surface area contributed by atoms with Gasteiger partial charge in [0.05, 0.1) is 11.7 Å². The molecule has 2 fully saturated rings. The summed E-state index contributed by atoms with van der Waals surface area (Å²) in [7, 11) is 0. The number of hydrogen-bond donors (Lipinski definition) is 0. The lowest BCUT2D eigenvalue weighted by Gasteiger charge is -2.52. The normalized spacial score (nSPS) is 19.9. The van der Waals surface area contributed by atoms with Crippen molar-refractivity contribution in [2.45, 2.75) is 19.4 Å². The Morgan fingerprint density at radius 1 is 1.12 bits per heavy atom. The number of fused-ring (bicyclic) bond motifs is 2. The van der Waals surface area contributed by atoms with Gasteiger partial charge >= 0.3 is 0 Å². The molecule has 1 amide bonds. The molecule has 2 aliphatic heterocycles. The van der Waals surface area contributed by atoms with Crippen LogP contribution in [0.4, 0.5) is 6.01 Å². The Bertz CT molecular complexity index is 1360. The van der Waals surface area contributed by atoms with E-state index in [2.05, 4.69) is 19.9 Å². The number of halogens is 1. The van der Waals surface area contributed by atoms with Crippen LogP contribution in [-0.4, -0.2) is 51.4 Å². The lowest BCUT2D eigenvalue weighted by molar-refractivity contribution is 0.0578. The summed E-state index contributed by atoms with van der Waals surface area (Å²) < 4.78 is 5.98. The molecule has 8 heteroatoms. The van der Waals surface area contributed by atoms with Gasteiger partial charge in [-0.1, -0.05) is 17.7 Å². The van der Waals surface area contributed by atoms with Crippen LogP contribution in [0.25, 0.3) is 22.4 Å². The monoisotopic (exact) mass is 459 g/mol. The molecule has 0 N–H and O–H groups in total. The molecule has 3 aromatic heterocycles. The van der Waals surface area contributed by atoms with Gasteiger partial charge in [-0.25, -0.2) is 4.98 Å². The van der Waals surface area contributed by atoms with Crippen molar-refractivity contribution in [3.05, 3.63) is 71.1 Å². The number of anilines is 1. The zero-order valence-corrected chi connectivity index (χ0v) is 18.9. The van der Waals surface area contributed by atoms with E-state index in [-0.39, 0.29) is 11.9 Å². The molecule has 7 nitrogen and oxygen atoms in total. The average Bonchev–Trinajstić information content (AvgIpc) is 3.22. The summed E-state index contributed by atoms with van der Waals surface area (Å²) in [5.74, 6) is 0.461. The third-order valence-corrected chi connectivity index (χ3v) is 6.84. The van der Waals surface area contributed by atoms with Crippen LogP contribution in [0.3, 0.4) is 0 Å². The number of nitrogens with zero attached hydrogens (tertiary/aromatic N) is 5. The van der Waals surface area contributed by atoms with Gasteiger partial charge in [-0.3, -0.25) is 9.78 Å². The van der Waals surface area contributed by atoms with Gasteiger partial charge in [0.1, 0.15) is 11.2 Å². The van der Waals surface area contributed by atoms with E-state index in [0.717, 1.165) is 35.4 Å². The number of carbonyl (C=O) groups is 1. The van der Waals surface area contributed by atoms with Gasteiger partial charge in [-0.05, 0) is 55.8 Å². The van der Waals surface area contributed by atoms with Crippen molar-refractivity contribution < 1.29 is 9.21 Å². The summed E-state index contributed by atoms with van der Waals surface area (Å²) in [6.45, 7) is 4.11. The molecule has 0 spiro atoms. The van der Waals surface area contributed by atoms with Crippen molar-refractivity contribution >= 4 is 34.6 Å². The second kappa shape index (κ2) is 7.85. The third-order valence-electron chi connectivity index (χ3n) is 6.60. The van der Waals surface area contributed by atoms with Crippen LogP contribution in [0.1, 0.15) is 22.6 Å². The molecule has 0 aliphatic carbocycles. The minimum Gasteiger partial charge on any atom is -0.423 e. The van der Waals surface area contributed by atoms with E-state index in [4.69, 9.17) is 16.0 Å². The fourth-order valence-electron chi connectivity index (χ4n) is 4.81. The highest BCUT2D eigenvalue weighted by molar-refractivity contribution is 6.31. The first kappa shape index (κ1) is 20.2. The fraction of sp³-hybridized carbons (Fsp3) is 0.280. The second-order valence-corrected chi connectivity index (χ2v) is 9.13.